The summed E-state index contributed by atoms with van der Waals surface area (Å²) in [5.41, 5.74) is 2.29. The molecule has 144 valence electrons. The Morgan fingerprint density at radius 3 is 2.29 bits per heavy atom. The molecule has 0 atom stereocenters. The van der Waals surface area contributed by atoms with E-state index in [1.165, 1.54) is 12.1 Å². The van der Waals surface area contributed by atoms with E-state index in [-0.39, 0.29) is 5.82 Å². The van der Waals surface area contributed by atoms with Crippen molar-refractivity contribution in [2.75, 3.05) is 43.1 Å². The van der Waals surface area contributed by atoms with Gasteiger partial charge in [-0.2, -0.15) is 0 Å². The first-order chi connectivity index (χ1) is 13.7. The Morgan fingerprint density at radius 1 is 0.929 bits per heavy atom. The molecule has 28 heavy (non-hydrogen) atoms. The van der Waals surface area contributed by atoms with Crippen LogP contribution in [0.3, 0.4) is 0 Å². The van der Waals surface area contributed by atoms with E-state index < -0.39 is 0 Å². The minimum atomic E-state index is -0.316. The van der Waals surface area contributed by atoms with Gasteiger partial charge in [0.05, 0.1) is 25.9 Å². The van der Waals surface area contributed by atoms with Crippen molar-refractivity contribution in [2.24, 2.45) is 0 Å². The Morgan fingerprint density at radius 2 is 1.61 bits per heavy atom. The van der Waals surface area contributed by atoms with Crippen molar-refractivity contribution in [3.8, 4) is 17.0 Å². The van der Waals surface area contributed by atoms with Gasteiger partial charge in [-0.3, -0.25) is 4.90 Å². The quantitative estimate of drug-likeness (QED) is 0.515. The van der Waals surface area contributed by atoms with Gasteiger partial charge in [0.25, 0.3) is 0 Å². The second-order valence-corrected chi connectivity index (χ2v) is 6.60. The van der Waals surface area contributed by atoms with Gasteiger partial charge in [0, 0.05) is 11.6 Å². The molecule has 3 aromatic rings. The summed E-state index contributed by atoms with van der Waals surface area (Å²) in [6, 6.07) is 17.5. The van der Waals surface area contributed by atoms with Gasteiger partial charge < -0.3 is 14.8 Å². The molecule has 0 bridgehead atoms. The van der Waals surface area contributed by atoms with Crippen LogP contribution in [0.25, 0.3) is 11.3 Å². The fourth-order valence-electron chi connectivity index (χ4n) is 3.47. The third-order valence-corrected chi connectivity index (χ3v) is 4.95. The number of benzene rings is 2. The highest BCUT2D eigenvalue weighted by Crippen LogP contribution is 2.29. The largest absolute Gasteiger partial charge is 0.691 e. The van der Waals surface area contributed by atoms with Crippen LogP contribution in [0.15, 0.2) is 60.7 Å². The molecule has 0 spiro atoms. The van der Waals surface area contributed by atoms with Crippen LogP contribution in [-0.2, 0) is 0 Å². The van der Waals surface area contributed by atoms with Gasteiger partial charge in [-0.15, -0.1) is 4.85 Å². The lowest BCUT2D eigenvalue weighted by Crippen LogP contribution is -2.51. The first kappa shape index (κ1) is 18.0. The summed E-state index contributed by atoms with van der Waals surface area (Å²) in [4.78, 5) is 4.93. The molecule has 6 nitrogen and oxygen atoms in total. The van der Waals surface area contributed by atoms with Crippen molar-refractivity contribution in [1.29, 1.82) is 0 Å². The number of ether oxygens (including phenoxy) is 1. The van der Waals surface area contributed by atoms with E-state index in [4.69, 9.17) is 4.74 Å². The average molecular weight is 380 g/mol. The van der Waals surface area contributed by atoms with Gasteiger partial charge in [-0.25, -0.2) is 4.39 Å². The number of rotatable bonds is 4. The van der Waals surface area contributed by atoms with Crippen LogP contribution in [0.4, 0.5) is 15.9 Å². The van der Waals surface area contributed by atoms with E-state index in [2.05, 4.69) is 10.00 Å². The van der Waals surface area contributed by atoms with Crippen molar-refractivity contribution in [3.63, 3.8) is 0 Å². The van der Waals surface area contributed by atoms with Gasteiger partial charge >= 0.3 is 5.82 Å². The number of methoxy groups -OCH3 is 1. The Bertz CT molecular complexity index is 957. The summed E-state index contributed by atoms with van der Waals surface area (Å²) in [5.74, 6) is 1.05. The maximum atomic E-state index is 13.1. The lowest BCUT2D eigenvalue weighted by Gasteiger charge is -2.33. The third kappa shape index (κ3) is 3.55. The number of piperazine rings is 1. The molecule has 1 aromatic heterocycles. The Hall–Kier alpha value is -3.35. The van der Waals surface area contributed by atoms with E-state index in [9.17, 15) is 9.60 Å². The number of hydrogen-bond acceptors (Lipinski definition) is 5. The molecule has 1 fully saturated rings. The number of anilines is 2. The predicted molar refractivity (Wildman–Crippen MR) is 106 cm³/mol. The van der Waals surface area contributed by atoms with Crippen molar-refractivity contribution < 1.29 is 14.0 Å². The first-order valence-electron chi connectivity index (χ1n) is 9.15. The minimum Gasteiger partial charge on any atom is -0.691 e. The molecule has 0 aliphatic carbocycles. The molecular weight excluding hydrogens is 359 g/mol. The molecule has 0 saturated carbocycles. The van der Waals surface area contributed by atoms with Gasteiger partial charge in [0.15, 0.2) is 0 Å². The van der Waals surface area contributed by atoms with Gasteiger partial charge in [-0.1, -0.05) is 17.2 Å². The number of halogens is 1. The van der Waals surface area contributed by atoms with Crippen LogP contribution in [0, 0.1) is 11.0 Å². The normalized spacial score (nSPS) is 14.2. The standard InChI is InChI=1S/C21H21FN4O2/c1-28-20-5-3-2-4-19(20)24-12-14-25(15-13-24)21-11-10-18(23-26(21)27)16-6-8-17(22)9-7-16/h2-11H,12-15H2,1H3. The molecule has 1 saturated heterocycles. The van der Waals surface area contributed by atoms with Crippen LogP contribution in [0.2, 0.25) is 0 Å². The van der Waals surface area contributed by atoms with Crippen LogP contribution >= 0.6 is 0 Å². The number of nitrogens with zero attached hydrogens (tertiary/aromatic N) is 4. The van der Waals surface area contributed by atoms with E-state index in [0.29, 0.717) is 35.0 Å². The smallest absolute Gasteiger partial charge is 0.301 e. The van der Waals surface area contributed by atoms with Gasteiger partial charge in [0.1, 0.15) is 30.4 Å². The molecule has 4 rings (SSSR count). The predicted octanol–water partition coefficient (Wildman–Crippen LogP) is 2.86. The van der Waals surface area contributed by atoms with Gasteiger partial charge in [-0.05, 0) is 42.5 Å². The molecule has 2 heterocycles. The van der Waals surface area contributed by atoms with Crippen molar-refractivity contribution in [1.82, 2.24) is 5.10 Å². The Balaban J connectivity index is 1.48. The zero-order valence-electron chi connectivity index (χ0n) is 15.6. The number of aromatic nitrogens is 2. The molecule has 0 amide bonds. The van der Waals surface area contributed by atoms with E-state index >= 15 is 0 Å². The summed E-state index contributed by atoms with van der Waals surface area (Å²) in [5, 5.41) is 16.6. The van der Waals surface area contributed by atoms with Crippen LogP contribution in [-0.4, -0.2) is 38.4 Å². The molecule has 1 aliphatic rings. The van der Waals surface area contributed by atoms with E-state index in [0.717, 1.165) is 24.5 Å². The molecule has 0 radical (unpaired) electrons. The first-order valence-corrected chi connectivity index (χ1v) is 9.15. The number of hydrogen-bond donors (Lipinski definition) is 0. The fourth-order valence-corrected chi connectivity index (χ4v) is 3.47. The SMILES string of the molecule is COc1ccccc1N1CCN(c2ccc(-c3ccc(F)cc3)n[n+]2[O-])CC1. The van der Waals surface area contributed by atoms with Crippen molar-refractivity contribution >= 4 is 11.5 Å². The minimum absolute atomic E-state index is 0.316. The van der Waals surface area contributed by atoms with E-state index in [1.54, 1.807) is 31.4 Å². The lowest BCUT2D eigenvalue weighted by molar-refractivity contribution is -0.655. The molecule has 7 heteroatoms. The van der Waals surface area contributed by atoms with Gasteiger partial charge in [0.2, 0.25) is 0 Å². The van der Waals surface area contributed by atoms with Crippen molar-refractivity contribution in [2.45, 2.75) is 0 Å². The average Bonchev–Trinajstić information content (AvgIpc) is 2.74. The number of para-hydroxylation sites is 2. The molecule has 1 aliphatic heterocycles. The highest BCUT2D eigenvalue weighted by Gasteiger charge is 2.26. The molecular formula is C21H21FN4O2. The van der Waals surface area contributed by atoms with Crippen LogP contribution in [0.1, 0.15) is 0 Å². The highest BCUT2D eigenvalue weighted by atomic mass is 19.1. The summed E-state index contributed by atoms with van der Waals surface area (Å²) >= 11 is 0. The summed E-state index contributed by atoms with van der Waals surface area (Å²) < 4.78 is 18.5. The summed E-state index contributed by atoms with van der Waals surface area (Å²) in [6.07, 6.45) is 0. The summed E-state index contributed by atoms with van der Waals surface area (Å²) in [7, 11) is 1.67. The van der Waals surface area contributed by atoms with Crippen LogP contribution in [0.5, 0.6) is 5.75 Å². The molecule has 0 unspecified atom stereocenters. The topological polar surface area (TPSA) is 55.5 Å². The van der Waals surface area contributed by atoms with Crippen molar-refractivity contribution in [3.05, 3.63) is 71.7 Å². The molecule has 2 aromatic carbocycles. The Kier molecular flexibility index (Phi) is 4.97. The lowest BCUT2D eigenvalue weighted by atomic mass is 10.1. The highest BCUT2D eigenvalue weighted by molar-refractivity contribution is 5.60. The zero-order valence-corrected chi connectivity index (χ0v) is 15.6. The van der Waals surface area contributed by atoms with E-state index in [1.807, 2.05) is 29.2 Å². The second kappa shape index (κ2) is 7.72. The summed E-state index contributed by atoms with van der Waals surface area (Å²) in [6.45, 7) is 2.97. The fraction of sp³-hybridized carbons (Fsp3) is 0.238. The third-order valence-electron chi connectivity index (χ3n) is 4.95. The molecule has 0 N–H and O–H groups in total. The monoisotopic (exact) mass is 380 g/mol. The maximum Gasteiger partial charge on any atom is 0.301 e. The van der Waals surface area contributed by atoms with Crippen LogP contribution < -0.4 is 19.4 Å². The second-order valence-electron chi connectivity index (χ2n) is 6.60. The Labute approximate surface area is 163 Å². The zero-order chi connectivity index (χ0) is 19.5. The maximum absolute atomic E-state index is 13.1.